The molecule has 1 aromatic heterocycles. The van der Waals surface area contributed by atoms with Gasteiger partial charge in [-0.25, -0.2) is 0 Å². The van der Waals surface area contributed by atoms with Crippen molar-refractivity contribution in [1.82, 2.24) is 4.98 Å². The summed E-state index contributed by atoms with van der Waals surface area (Å²) in [6.45, 7) is 2.14. The van der Waals surface area contributed by atoms with Gasteiger partial charge in [-0.15, -0.1) is 0 Å². The normalized spacial score (nSPS) is 9.75. The Morgan fingerprint density at radius 1 is 1.58 bits per heavy atom. The van der Waals surface area contributed by atoms with Crippen molar-refractivity contribution >= 4 is 6.29 Å². The predicted octanol–water partition coefficient (Wildman–Crippen LogP) is 2.24. The van der Waals surface area contributed by atoms with Gasteiger partial charge in [-0.1, -0.05) is 13.3 Å². The van der Waals surface area contributed by atoms with Crippen LogP contribution in [0.5, 0.6) is 0 Å². The summed E-state index contributed by atoms with van der Waals surface area (Å²) < 4.78 is 0. The molecule has 0 aliphatic heterocycles. The van der Waals surface area contributed by atoms with Crippen LogP contribution >= 0.6 is 0 Å². The van der Waals surface area contributed by atoms with Crippen molar-refractivity contribution in [3.8, 4) is 0 Å². The molecule has 0 atom stereocenters. The molecule has 1 aromatic rings. The molecule has 0 amide bonds. The molecule has 0 spiro atoms. The molecule has 1 heterocycles. The second-order valence-corrected chi connectivity index (χ2v) is 2.80. The summed E-state index contributed by atoms with van der Waals surface area (Å²) in [5.74, 6) is 0. The number of aromatic nitrogens is 1. The van der Waals surface area contributed by atoms with Gasteiger partial charge in [-0.3, -0.25) is 9.78 Å². The maximum Gasteiger partial charge on any atom is 0.150 e. The first kappa shape index (κ1) is 8.91. The Balaban J connectivity index is 2.75. The molecule has 2 heteroatoms. The minimum Gasteiger partial charge on any atom is -0.298 e. The van der Waals surface area contributed by atoms with Crippen LogP contribution in [-0.2, 0) is 6.42 Å². The minimum atomic E-state index is 0.776. The molecular weight excluding hydrogens is 150 g/mol. The molecule has 0 saturated carbocycles. The molecule has 0 aliphatic rings. The van der Waals surface area contributed by atoms with Gasteiger partial charge in [-0.2, -0.15) is 0 Å². The first-order valence-electron chi connectivity index (χ1n) is 4.26. The second-order valence-electron chi connectivity index (χ2n) is 2.80. The van der Waals surface area contributed by atoms with Crippen LogP contribution < -0.4 is 0 Å². The van der Waals surface area contributed by atoms with E-state index >= 15 is 0 Å². The molecule has 0 saturated heterocycles. The van der Waals surface area contributed by atoms with E-state index in [2.05, 4.69) is 11.9 Å². The Bertz CT molecular complexity index is 258. The lowest BCUT2D eigenvalue weighted by Gasteiger charge is -2.01. The number of aryl methyl sites for hydroxylation is 1. The number of nitrogens with zero attached hydrogens (tertiary/aromatic N) is 1. The summed E-state index contributed by atoms with van der Waals surface area (Å²) in [4.78, 5) is 14.5. The summed E-state index contributed by atoms with van der Waals surface area (Å²) in [7, 11) is 0. The largest absolute Gasteiger partial charge is 0.298 e. The van der Waals surface area contributed by atoms with Gasteiger partial charge in [0, 0.05) is 18.0 Å². The molecule has 0 N–H and O–H groups in total. The van der Waals surface area contributed by atoms with Crippen LogP contribution in [0.1, 0.15) is 35.7 Å². The predicted molar refractivity (Wildman–Crippen MR) is 48.2 cm³/mol. The van der Waals surface area contributed by atoms with Crippen LogP contribution in [0.15, 0.2) is 18.5 Å². The zero-order valence-corrected chi connectivity index (χ0v) is 7.29. The third kappa shape index (κ3) is 2.16. The lowest BCUT2D eigenvalue weighted by Crippen LogP contribution is -1.93. The van der Waals surface area contributed by atoms with Crippen molar-refractivity contribution in [2.75, 3.05) is 0 Å². The van der Waals surface area contributed by atoms with E-state index in [9.17, 15) is 4.79 Å². The highest BCUT2D eigenvalue weighted by Gasteiger charge is 1.99. The van der Waals surface area contributed by atoms with Crippen molar-refractivity contribution in [1.29, 1.82) is 0 Å². The van der Waals surface area contributed by atoms with Crippen LogP contribution in [-0.4, -0.2) is 11.3 Å². The zero-order valence-electron chi connectivity index (χ0n) is 7.29. The van der Waals surface area contributed by atoms with E-state index in [1.165, 1.54) is 0 Å². The quantitative estimate of drug-likeness (QED) is 0.637. The smallest absolute Gasteiger partial charge is 0.150 e. The summed E-state index contributed by atoms with van der Waals surface area (Å²) in [6, 6.07) is 1.76. The van der Waals surface area contributed by atoms with Gasteiger partial charge in [0.25, 0.3) is 0 Å². The van der Waals surface area contributed by atoms with Crippen LogP contribution in [0.2, 0.25) is 0 Å². The van der Waals surface area contributed by atoms with Crippen LogP contribution in [0.25, 0.3) is 0 Å². The summed E-state index contributed by atoms with van der Waals surface area (Å²) in [5.41, 5.74) is 1.84. The van der Waals surface area contributed by atoms with E-state index in [1.807, 2.05) is 0 Å². The number of pyridine rings is 1. The van der Waals surface area contributed by atoms with E-state index < -0.39 is 0 Å². The molecule has 2 nitrogen and oxygen atoms in total. The standard InChI is InChI=1S/C10H13NO/c1-2-3-4-9-7-11-6-5-10(9)8-12/h5-8H,2-4H2,1H3. The zero-order chi connectivity index (χ0) is 8.81. The van der Waals surface area contributed by atoms with Crippen LogP contribution in [0.4, 0.5) is 0 Å². The molecule has 12 heavy (non-hydrogen) atoms. The first-order chi connectivity index (χ1) is 5.88. The minimum absolute atomic E-state index is 0.776. The number of hydrogen-bond acceptors (Lipinski definition) is 2. The fraction of sp³-hybridized carbons (Fsp3) is 0.400. The Morgan fingerprint density at radius 3 is 3.08 bits per heavy atom. The maximum absolute atomic E-state index is 10.6. The average Bonchev–Trinajstić information content (AvgIpc) is 2.15. The highest BCUT2D eigenvalue weighted by atomic mass is 16.1. The number of carbonyl (C=O) groups excluding carboxylic acids is 1. The number of hydrogen-bond donors (Lipinski definition) is 0. The molecule has 0 aliphatic carbocycles. The highest BCUT2D eigenvalue weighted by Crippen LogP contribution is 2.07. The average molecular weight is 163 g/mol. The Hall–Kier alpha value is -1.18. The second kappa shape index (κ2) is 4.65. The number of rotatable bonds is 4. The van der Waals surface area contributed by atoms with E-state index in [1.54, 1.807) is 18.5 Å². The molecule has 0 aromatic carbocycles. The monoisotopic (exact) mass is 163 g/mol. The lowest BCUT2D eigenvalue weighted by molar-refractivity contribution is 0.112. The third-order valence-corrected chi connectivity index (χ3v) is 1.87. The molecular formula is C10H13NO. The van der Waals surface area contributed by atoms with Crippen molar-refractivity contribution < 1.29 is 4.79 Å². The Labute approximate surface area is 72.6 Å². The Kier molecular flexibility index (Phi) is 3.45. The maximum atomic E-state index is 10.6. The van der Waals surface area contributed by atoms with Crippen molar-refractivity contribution in [2.24, 2.45) is 0 Å². The number of carbonyl (C=O) groups is 1. The molecule has 64 valence electrons. The van der Waals surface area contributed by atoms with E-state index in [0.717, 1.165) is 36.7 Å². The van der Waals surface area contributed by atoms with Gasteiger partial charge < -0.3 is 0 Å². The molecule has 0 bridgehead atoms. The fourth-order valence-corrected chi connectivity index (χ4v) is 1.13. The van der Waals surface area contributed by atoms with Gasteiger partial charge in [0.2, 0.25) is 0 Å². The molecule has 0 unspecified atom stereocenters. The molecule has 1 rings (SSSR count). The van der Waals surface area contributed by atoms with E-state index in [-0.39, 0.29) is 0 Å². The lowest BCUT2D eigenvalue weighted by atomic mass is 10.1. The van der Waals surface area contributed by atoms with Gasteiger partial charge in [0.15, 0.2) is 0 Å². The molecule has 0 fully saturated rings. The van der Waals surface area contributed by atoms with Gasteiger partial charge in [-0.05, 0) is 24.5 Å². The summed E-state index contributed by atoms with van der Waals surface area (Å²) in [6.07, 6.45) is 7.55. The summed E-state index contributed by atoms with van der Waals surface area (Å²) >= 11 is 0. The third-order valence-electron chi connectivity index (χ3n) is 1.87. The summed E-state index contributed by atoms with van der Waals surface area (Å²) in [5, 5.41) is 0. The highest BCUT2D eigenvalue weighted by molar-refractivity contribution is 5.76. The molecule has 0 radical (unpaired) electrons. The van der Waals surface area contributed by atoms with E-state index in [0.29, 0.717) is 0 Å². The van der Waals surface area contributed by atoms with Crippen LogP contribution in [0.3, 0.4) is 0 Å². The van der Waals surface area contributed by atoms with Crippen molar-refractivity contribution in [3.63, 3.8) is 0 Å². The number of unbranched alkanes of at least 4 members (excludes halogenated alkanes) is 1. The van der Waals surface area contributed by atoms with E-state index in [4.69, 9.17) is 0 Å². The van der Waals surface area contributed by atoms with Crippen LogP contribution in [0, 0.1) is 0 Å². The van der Waals surface area contributed by atoms with Gasteiger partial charge in [0.05, 0.1) is 0 Å². The first-order valence-corrected chi connectivity index (χ1v) is 4.26. The topological polar surface area (TPSA) is 30.0 Å². The number of aldehydes is 1. The van der Waals surface area contributed by atoms with Gasteiger partial charge >= 0.3 is 0 Å². The van der Waals surface area contributed by atoms with Gasteiger partial charge in [0.1, 0.15) is 6.29 Å². The van der Waals surface area contributed by atoms with Crippen molar-refractivity contribution in [2.45, 2.75) is 26.2 Å². The fourth-order valence-electron chi connectivity index (χ4n) is 1.13. The van der Waals surface area contributed by atoms with Crippen molar-refractivity contribution in [3.05, 3.63) is 29.6 Å². The SMILES string of the molecule is CCCCc1cnccc1C=O. The Morgan fingerprint density at radius 2 is 2.42 bits per heavy atom.